The van der Waals surface area contributed by atoms with E-state index in [4.69, 9.17) is 5.73 Å². The smallest absolute Gasteiger partial charge is 0.243 e. The standard InChI is InChI=1S/C14H20BrFN2O2S/c1-14(2)5-3-4-10(8-14)18-21(19,20)12-7-9(17)6-11(15)13(12)16/h6-7,10,18H,3-5,8,17H2,1-2H3. The monoisotopic (exact) mass is 378 g/mol. The van der Waals surface area contributed by atoms with Gasteiger partial charge >= 0.3 is 0 Å². The second-order valence-corrected chi connectivity index (χ2v) is 8.93. The van der Waals surface area contributed by atoms with Crippen molar-refractivity contribution in [3.05, 3.63) is 22.4 Å². The molecule has 0 bridgehead atoms. The molecule has 0 spiro atoms. The molecule has 3 N–H and O–H groups in total. The first-order valence-electron chi connectivity index (χ1n) is 6.88. The van der Waals surface area contributed by atoms with Crippen LogP contribution in [0.2, 0.25) is 0 Å². The van der Waals surface area contributed by atoms with E-state index in [-0.39, 0.29) is 21.6 Å². The summed E-state index contributed by atoms with van der Waals surface area (Å²) >= 11 is 2.99. The van der Waals surface area contributed by atoms with Gasteiger partial charge in [0, 0.05) is 11.7 Å². The summed E-state index contributed by atoms with van der Waals surface area (Å²) in [5, 5.41) is 0. The van der Waals surface area contributed by atoms with Crippen LogP contribution >= 0.6 is 15.9 Å². The van der Waals surface area contributed by atoms with E-state index >= 15 is 0 Å². The van der Waals surface area contributed by atoms with Crippen LogP contribution in [0.3, 0.4) is 0 Å². The van der Waals surface area contributed by atoms with Crippen molar-refractivity contribution in [1.29, 1.82) is 0 Å². The van der Waals surface area contributed by atoms with E-state index in [0.29, 0.717) is 0 Å². The molecule has 1 saturated carbocycles. The number of halogens is 2. The fourth-order valence-electron chi connectivity index (χ4n) is 2.86. The van der Waals surface area contributed by atoms with Gasteiger partial charge in [0.15, 0.2) is 5.82 Å². The summed E-state index contributed by atoms with van der Waals surface area (Å²) in [5.74, 6) is -0.813. The number of hydrogen-bond donors (Lipinski definition) is 2. The molecule has 4 nitrogen and oxygen atoms in total. The average Bonchev–Trinajstić information content (AvgIpc) is 2.31. The first-order chi connectivity index (χ1) is 9.61. The third-order valence-electron chi connectivity index (χ3n) is 3.83. The number of sulfonamides is 1. The summed E-state index contributed by atoms with van der Waals surface area (Å²) in [6.45, 7) is 4.23. The summed E-state index contributed by atoms with van der Waals surface area (Å²) in [7, 11) is -3.92. The Balaban J connectivity index is 2.27. The number of nitrogen functional groups attached to an aromatic ring is 1. The lowest BCUT2D eigenvalue weighted by atomic mass is 9.75. The molecule has 0 aromatic heterocycles. The number of anilines is 1. The minimum absolute atomic E-state index is 0.0480. The van der Waals surface area contributed by atoms with Crippen molar-refractivity contribution in [2.75, 3.05) is 5.73 Å². The van der Waals surface area contributed by atoms with Crippen molar-refractivity contribution < 1.29 is 12.8 Å². The quantitative estimate of drug-likeness (QED) is 0.791. The molecule has 1 aliphatic carbocycles. The van der Waals surface area contributed by atoms with Gasteiger partial charge in [-0.3, -0.25) is 0 Å². The van der Waals surface area contributed by atoms with Gasteiger partial charge in [-0.25, -0.2) is 17.5 Å². The third kappa shape index (κ3) is 3.96. The van der Waals surface area contributed by atoms with Crippen LogP contribution in [0.4, 0.5) is 10.1 Å². The zero-order valence-corrected chi connectivity index (χ0v) is 14.5. The lowest BCUT2D eigenvalue weighted by Crippen LogP contribution is -2.40. The van der Waals surface area contributed by atoms with Crippen molar-refractivity contribution in [2.45, 2.75) is 50.5 Å². The van der Waals surface area contributed by atoms with Crippen LogP contribution in [0, 0.1) is 11.2 Å². The summed E-state index contributed by atoms with van der Waals surface area (Å²) in [6, 6.07) is 2.33. The lowest BCUT2D eigenvalue weighted by Gasteiger charge is -2.35. The number of nitrogens with one attached hydrogen (secondary N) is 1. The molecule has 0 saturated heterocycles. The number of nitrogens with two attached hydrogens (primary N) is 1. The number of benzene rings is 1. The highest BCUT2D eigenvalue weighted by Gasteiger charge is 2.32. The SMILES string of the molecule is CC1(C)CCCC(NS(=O)(=O)c2cc(N)cc(Br)c2F)C1. The summed E-state index contributed by atoms with van der Waals surface area (Å²) in [5.41, 5.74) is 5.91. The minimum Gasteiger partial charge on any atom is -0.399 e. The number of rotatable bonds is 3. The van der Waals surface area contributed by atoms with Gasteiger partial charge in [-0.1, -0.05) is 20.3 Å². The first kappa shape index (κ1) is 16.7. The highest BCUT2D eigenvalue weighted by molar-refractivity contribution is 9.10. The van der Waals surface area contributed by atoms with Gasteiger partial charge < -0.3 is 5.73 Å². The Morgan fingerprint density at radius 1 is 1.43 bits per heavy atom. The first-order valence-corrected chi connectivity index (χ1v) is 9.15. The molecule has 1 atom stereocenters. The molecular weight excluding hydrogens is 359 g/mol. The van der Waals surface area contributed by atoms with Crippen molar-refractivity contribution in [3.8, 4) is 0 Å². The Morgan fingerprint density at radius 3 is 2.71 bits per heavy atom. The van der Waals surface area contributed by atoms with E-state index < -0.39 is 20.7 Å². The van der Waals surface area contributed by atoms with Gasteiger partial charge in [-0.2, -0.15) is 0 Å². The molecule has 1 unspecified atom stereocenters. The van der Waals surface area contributed by atoms with E-state index in [2.05, 4.69) is 34.5 Å². The summed E-state index contributed by atoms with van der Waals surface area (Å²) < 4.78 is 41.5. The van der Waals surface area contributed by atoms with Crippen molar-refractivity contribution >= 4 is 31.6 Å². The van der Waals surface area contributed by atoms with Crippen LogP contribution in [0.5, 0.6) is 0 Å². The van der Waals surface area contributed by atoms with Crippen LogP contribution in [0.15, 0.2) is 21.5 Å². The zero-order chi connectivity index (χ0) is 15.8. The number of hydrogen-bond acceptors (Lipinski definition) is 3. The molecule has 0 heterocycles. The predicted molar refractivity (Wildman–Crippen MR) is 84.9 cm³/mol. The van der Waals surface area contributed by atoms with E-state index in [1.807, 2.05) is 0 Å². The minimum atomic E-state index is -3.92. The normalized spacial score (nSPS) is 22.2. The highest BCUT2D eigenvalue weighted by Crippen LogP contribution is 2.36. The van der Waals surface area contributed by atoms with Crippen LogP contribution < -0.4 is 10.5 Å². The Hall–Kier alpha value is -0.660. The predicted octanol–water partition coefficient (Wildman–Crippen LogP) is 3.42. The topological polar surface area (TPSA) is 72.2 Å². The molecule has 1 aliphatic rings. The van der Waals surface area contributed by atoms with Crippen LogP contribution in [-0.2, 0) is 10.0 Å². The maximum atomic E-state index is 14.1. The Morgan fingerprint density at radius 2 is 2.10 bits per heavy atom. The van der Waals surface area contributed by atoms with E-state index in [0.717, 1.165) is 31.7 Å². The zero-order valence-electron chi connectivity index (χ0n) is 12.1. The summed E-state index contributed by atoms with van der Waals surface area (Å²) in [6.07, 6.45) is 3.55. The van der Waals surface area contributed by atoms with E-state index in [9.17, 15) is 12.8 Å². The molecule has 21 heavy (non-hydrogen) atoms. The molecule has 1 aromatic rings. The fraction of sp³-hybridized carbons (Fsp3) is 0.571. The van der Waals surface area contributed by atoms with Crippen molar-refractivity contribution in [1.82, 2.24) is 4.72 Å². The summed E-state index contributed by atoms with van der Waals surface area (Å²) in [4.78, 5) is -0.405. The van der Waals surface area contributed by atoms with Gasteiger partial charge in [0.2, 0.25) is 10.0 Å². The van der Waals surface area contributed by atoms with Gasteiger partial charge in [0.25, 0.3) is 0 Å². The largest absolute Gasteiger partial charge is 0.399 e. The van der Waals surface area contributed by atoms with Crippen molar-refractivity contribution in [2.24, 2.45) is 5.41 Å². The van der Waals surface area contributed by atoms with Gasteiger partial charge in [0.05, 0.1) is 4.47 Å². The maximum Gasteiger partial charge on any atom is 0.243 e. The Bertz CT molecular complexity index is 647. The Labute approximate surface area is 133 Å². The van der Waals surface area contributed by atoms with Crippen LogP contribution in [0.25, 0.3) is 0 Å². The van der Waals surface area contributed by atoms with Gasteiger partial charge in [-0.05, 0) is 52.7 Å². The van der Waals surface area contributed by atoms with Crippen LogP contribution in [0.1, 0.15) is 39.5 Å². The second-order valence-electron chi connectivity index (χ2n) is 6.39. The van der Waals surface area contributed by atoms with Gasteiger partial charge in [-0.15, -0.1) is 0 Å². The second kappa shape index (κ2) is 5.85. The molecule has 2 rings (SSSR count). The molecule has 1 aromatic carbocycles. The van der Waals surface area contributed by atoms with E-state index in [1.54, 1.807) is 0 Å². The molecule has 0 aliphatic heterocycles. The van der Waals surface area contributed by atoms with Crippen LogP contribution in [-0.4, -0.2) is 14.5 Å². The maximum absolute atomic E-state index is 14.1. The van der Waals surface area contributed by atoms with Gasteiger partial charge in [0.1, 0.15) is 4.90 Å². The van der Waals surface area contributed by atoms with E-state index in [1.165, 1.54) is 6.07 Å². The van der Waals surface area contributed by atoms with Crippen molar-refractivity contribution in [3.63, 3.8) is 0 Å². The molecule has 0 amide bonds. The molecule has 7 heteroatoms. The fourth-order valence-corrected chi connectivity index (χ4v) is 4.87. The Kier molecular flexibility index (Phi) is 4.66. The lowest BCUT2D eigenvalue weighted by molar-refractivity contribution is 0.212. The molecule has 1 fully saturated rings. The third-order valence-corrected chi connectivity index (χ3v) is 5.93. The molecule has 118 valence electrons. The highest BCUT2D eigenvalue weighted by atomic mass is 79.9. The molecule has 0 radical (unpaired) electrons. The average molecular weight is 379 g/mol. The molecular formula is C14H20BrFN2O2S.